The first kappa shape index (κ1) is 15.0. The summed E-state index contributed by atoms with van der Waals surface area (Å²) in [5.74, 6) is 3.83. The summed E-state index contributed by atoms with van der Waals surface area (Å²) < 4.78 is 16.1. The maximum absolute atomic E-state index is 5.72. The van der Waals surface area contributed by atoms with E-state index in [9.17, 15) is 0 Å². The van der Waals surface area contributed by atoms with Gasteiger partial charge >= 0.3 is 0 Å². The van der Waals surface area contributed by atoms with Crippen molar-refractivity contribution in [2.45, 2.75) is 19.8 Å². The Morgan fingerprint density at radius 3 is 2.06 bits per heavy atom. The van der Waals surface area contributed by atoms with Gasteiger partial charge in [-0.25, -0.2) is 0 Å². The maximum Gasteiger partial charge on any atom is 0.126 e. The fraction of sp³-hybridized carbons (Fsp3) is 0.571. The second-order valence-electron chi connectivity index (χ2n) is 4.30. The molecular weight excluding hydrogens is 248 g/mol. The minimum Gasteiger partial charge on any atom is -0.496 e. The van der Waals surface area contributed by atoms with Crippen molar-refractivity contribution in [2.24, 2.45) is 5.92 Å². The highest BCUT2D eigenvalue weighted by molar-refractivity contribution is 7.80. The number of ether oxygens (including phenoxy) is 3. The molecule has 0 spiro atoms. The highest BCUT2D eigenvalue weighted by atomic mass is 32.1. The third-order valence-electron chi connectivity index (χ3n) is 2.83. The molecule has 0 aliphatic carbocycles. The first-order chi connectivity index (χ1) is 8.69. The van der Waals surface area contributed by atoms with Crippen LogP contribution in [0.2, 0.25) is 0 Å². The van der Waals surface area contributed by atoms with E-state index < -0.39 is 0 Å². The van der Waals surface area contributed by atoms with Crippen LogP contribution in [0.15, 0.2) is 18.2 Å². The van der Waals surface area contributed by atoms with E-state index in [4.69, 9.17) is 14.2 Å². The molecule has 0 heterocycles. The summed E-state index contributed by atoms with van der Waals surface area (Å²) >= 11 is 4.23. The second-order valence-corrected chi connectivity index (χ2v) is 4.75. The molecule has 0 radical (unpaired) electrons. The SMILES string of the molecule is COc1cc(OC)cc(OCCC(C)CCS)c1. The lowest BCUT2D eigenvalue weighted by Crippen LogP contribution is -2.05. The van der Waals surface area contributed by atoms with Crippen molar-refractivity contribution in [1.82, 2.24) is 0 Å². The van der Waals surface area contributed by atoms with E-state index in [1.54, 1.807) is 14.2 Å². The topological polar surface area (TPSA) is 27.7 Å². The lowest BCUT2D eigenvalue weighted by atomic mass is 10.1. The Balaban J connectivity index is 2.50. The molecule has 0 fully saturated rings. The normalized spacial score (nSPS) is 12.0. The first-order valence-electron chi connectivity index (χ1n) is 6.16. The third-order valence-corrected chi connectivity index (χ3v) is 3.08. The predicted octanol–water partition coefficient (Wildman–Crippen LogP) is 3.43. The van der Waals surface area contributed by atoms with Crippen LogP contribution in [-0.4, -0.2) is 26.6 Å². The van der Waals surface area contributed by atoms with Crippen LogP contribution in [0, 0.1) is 5.92 Å². The number of hydrogen-bond acceptors (Lipinski definition) is 4. The molecule has 0 bridgehead atoms. The number of rotatable bonds is 8. The van der Waals surface area contributed by atoms with Crippen LogP contribution in [0.5, 0.6) is 17.2 Å². The first-order valence-corrected chi connectivity index (χ1v) is 6.79. The van der Waals surface area contributed by atoms with Crippen molar-refractivity contribution in [3.8, 4) is 17.2 Å². The lowest BCUT2D eigenvalue weighted by molar-refractivity contribution is 0.279. The van der Waals surface area contributed by atoms with Gasteiger partial charge < -0.3 is 14.2 Å². The molecule has 102 valence electrons. The maximum atomic E-state index is 5.72. The molecule has 3 nitrogen and oxygen atoms in total. The van der Waals surface area contributed by atoms with Gasteiger partial charge in [0, 0.05) is 18.2 Å². The predicted molar refractivity (Wildman–Crippen MR) is 77.3 cm³/mol. The van der Waals surface area contributed by atoms with Crippen LogP contribution in [-0.2, 0) is 0 Å². The molecule has 0 saturated heterocycles. The molecule has 1 aromatic carbocycles. The molecule has 1 atom stereocenters. The molecule has 18 heavy (non-hydrogen) atoms. The van der Waals surface area contributed by atoms with Crippen LogP contribution < -0.4 is 14.2 Å². The summed E-state index contributed by atoms with van der Waals surface area (Å²) in [6.45, 7) is 2.91. The summed E-state index contributed by atoms with van der Waals surface area (Å²) in [6, 6.07) is 5.56. The highest BCUT2D eigenvalue weighted by Crippen LogP contribution is 2.27. The average molecular weight is 270 g/mol. The van der Waals surface area contributed by atoms with Crippen molar-refractivity contribution in [2.75, 3.05) is 26.6 Å². The summed E-state index contributed by atoms with van der Waals surface area (Å²) in [6.07, 6.45) is 2.15. The third kappa shape index (κ3) is 5.08. The van der Waals surface area contributed by atoms with Crippen LogP contribution in [0.25, 0.3) is 0 Å². The Labute approximate surface area is 115 Å². The number of hydrogen-bond donors (Lipinski definition) is 1. The number of benzene rings is 1. The smallest absolute Gasteiger partial charge is 0.126 e. The molecule has 0 aromatic heterocycles. The van der Waals surface area contributed by atoms with Gasteiger partial charge in [-0.2, -0.15) is 12.6 Å². The summed E-state index contributed by atoms with van der Waals surface area (Å²) in [4.78, 5) is 0. The van der Waals surface area contributed by atoms with Gasteiger partial charge in [-0.1, -0.05) is 6.92 Å². The fourth-order valence-corrected chi connectivity index (χ4v) is 2.05. The largest absolute Gasteiger partial charge is 0.496 e. The zero-order valence-corrected chi connectivity index (χ0v) is 12.2. The lowest BCUT2D eigenvalue weighted by Gasteiger charge is -2.12. The number of methoxy groups -OCH3 is 2. The van der Waals surface area contributed by atoms with Gasteiger partial charge in [0.1, 0.15) is 17.2 Å². The molecule has 1 aromatic rings. The molecule has 0 aliphatic heterocycles. The van der Waals surface area contributed by atoms with E-state index >= 15 is 0 Å². The van der Waals surface area contributed by atoms with Crippen molar-refractivity contribution in [1.29, 1.82) is 0 Å². The van der Waals surface area contributed by atoms with Gasteiger partial charge in [0.15, 0.2) is 0 Å². The van der Waals surface area contributed by atoms with Gasteiger partial charge in [0.2, 0.25) is 0 Å². The summed E-state index contributed by atoms with van der Waals surface area (Å²) in [7, 11) is 3.26. The molecular formula is C14H22O3S. The van der Waals surface area contributed by atoms with Gasteiger partial charge in [-0.15, -0.1) is 0 Å². The second kappa shape index (κ2) is 8.14. The number of thiol groups is 1. The van der Waals surface area contributed by atoms with Crippen LogP contribution in [0.1, 0.15) is 19.8 Å². The van der Waals surface area contributed by atoms with Gasteiger partial charge in [0.25, 0.3) is 0 Å². The van der Waals surface area contributed by atoms with Gasteiger partial charge in [-0.3, -0.25) is 0 Å². The Bertz CT molecular complexity index is 333. The van der Waals surface area contributed by atoms with E-state index in [1.807, 2.05) is 18.2 Å². The van der Waals surface area contributed by atoms with E-state index in [2.05, 4.69) is 19.6 Å². The molecule has 0 saturated carbocycles. The van der Waals surface area contributed by atoms with E-state index in [1.165, 1.54) is 0 Å². The summed E-state index contributed by atoms with van der Waals surface area (Å²) in [5, 5.41) is 0. The highest BCUT2D eigenvalue weighted by Gasteiger charge is 2.05. The van der Waals surface area contributed by atoms with Gasteiger partial charge in [0.05, 0.1) is 20.8 Å². The minimum absolute atomic E-state index is 0.634. The minimum atomic E-state index is 0.634. The zero-order chi connectivity index (χ0) is 13.4. The van der Waals surface area contributed by atoms with Crippen LogP contribution in [0.4, 0.5) is 0 Å². The average Bonchev–Trinajstić information content (AvgIpc) is 2.38. The van der Waals surface area contributed by atoms with Crippen molar-refractivity contribution >= 4 is 12.6 Å². The Kier molecular flexibility index (Phi) is 6.80. The Morgan fingerprint density at radius 2 is 1.56 bits per heavy atom. The Hall–Kier alpha value is -1.03. The standard InChI is InChI=1S/C14H22O3S/c1-11(5-7-18)4-6-17-14-9-12(15-2)8-13(10-14)16-3/h8-11,18H,4-7H2,1-3H3. The summed E-state index contributed by atoms with van der Waals surface area (Å²) in [5.41, 5.74) is 0. The van der Waals surface area contributed by atoms with E-state index in [0.29, 0.717) is 12.5 Å². The zero-order valence-electron chi connectivity index (χ0n) is 11.3. The molecule has 0 aliphatic rings. The Morgan fingerprint density at radius 1 is 1.00 bits per heavy atom. The van der Waals surface area contributed by atoms with Crippen molar-refractivity contribution in [3.63, 3.8) is 0 Å². The fourth-order valence-electron chi connectivity index (χ4n) is 1.61. The van der Waals surface area contributed by atoms with E-state index in [-0.39, 0.29) is 0 Å². The van der Waals surface area contributed by atoms with Crippen molar-refractivity contribution in [3.05, 3.63) is 18.2 Å². The molecule has 0 amide bonds. The molecule has 0 N–H and O–H groups in total. The monoisotopic (exact) mass is 270 g/mol. The molecule has 4 heteroatoms. The van der Waals surface area contributed by atoms with Crippen LogP contribution >= 0.6 is 12.6 Å². The van der Waals surface area contributed by atoms with Gasteiger partial charge in [-0.05, 0) is 24.5 Å². The molecule has 1 rings (SSSR count). The quantitative estimate of drug-likeness (QED) is 0.733. The van der Waals surface area contributed by atoms with Crippen LogP contribution in [0.3, 0.4) is 0 Å². The van der Waals surface area contributed by atoms with E-state index in [0.717, 1.165) is 35.8 Å². The van der Waals surface area contributed by atoms with Crippen molar-refractivity contribution < 1.29 is 14.2 Å². The molecule has 1 unspecified atom stereocenters.